The first-order chi connectivity index (χ1) is 10.5. The molecule has 22 heavy (non-hydrogen) atoms. The summed E-state index contributed by atoms with van der Waals surface area (Å²) in [5.74, 6) is 0.0689. The van der Waals surface area contributed by atoms with Crippen molar-refractivity contribution >= 4 is 34.8 Å². The van der Waals surface area contributed by atoms with Crippen LogP contribution >= 0.6 is 23.2 Å². The van der Waals surface area contributed by atoms with Crippen LogP contribution in [0.15, 0.2) is 42.5 Å². The minimum atomic E-state index is -0.760. The molecule has 2 rings (SSSR count). The highest BCUT2D eigenvalue weighted by atomic mass is 35.5. The Kier molecular flexibility index (Phi) is 5.26. The second-order valence-electron chi connectivity index (χ2n) is 4.48. The number of benzene rings is 2. The van der Waals surface area contributed by atoms with Crippen molar-refractivity contribution in [3.63, 3.8) is 0 Å². The molecule has 4 nitrogen and oxygen atoms in total. The molecule has 0 aliphatic rings. The topological polar surface area (TPSA) is 62.1 Å². The largest absolute Gasteiger partial charge is 0.481 e. The van der Waals surface area contributed by atoms with Gasteiger partial charge < -0.3 is 10.1 Å². The first-order valence-electron chi connectivity index (χ1n) is 6.43. The number of anilines is 1. The molecule has 0 saturated carbocycles. The van der Waals surface area contributed by atoms with Crippen LogP contribution in [0.5, 0.6) is 5.75 Å². The Hall–Kier alpha value is -2.22. The second kappa shape index (κ2) is 7.17. The van der Waals surface area contributed by atoms with E-state index in [4.69, 9.17) is 33.2 Å². The molecule has 1 N–H and O–H groups in total. The molecule has 0 aliphatic carbocycles. The summed E-state index contributed by atoms with van der Waals surface area (Å²) < 4.78 is 5.52. The predicted molar refractivity (Wildman–Crippen MR) is 86.3 cm³/mol. The average Bonchev–Trinajstić information content (AvgIpc) is 2.51. The quantitative estimate of drug-likeness (QED) is 0.907. The van der Waals surface area contributed by atoms with Gasteiger partial charge in [-0.3, -0.25) is 4.79 Å². The SMILES string of the molecule is C[C@@H](Oc1ccc(Cl)c(Cl)c1)C(=O)Nc1ccccc1C#N. The number of ether oxygens (including phenoxy) is 1. The van der Waals surface area contributed by atoms with Crippen LogP contribution in [0.1, 0.15) is 12.5 Å². The van der Waals surface area contributed by atoms with Gasteiger partial charge in [-0.25, -0.2) is 0 Å². The number of rotatable bonds is 4. The molecule has 0 bridgehead atoms. The van der Waals surface area contributed by atoms with Crippen molar-refractivity contribution < 1.29 is 9.53 Å². The lowest BCUT2D eigenvalue weighted by Crippen LogP contribution is -2.30. The van der Waals surface area contributed by atoms with Crippen LogP contribution < -0.4 is 10.1 Å². The summed E-state index contributed by atoms with van der Waals surface area (Å²) in [6.07, 6.45) is -0.760. The van der Waals surface area contributed by atoms with Gasteiger partial charge in [0.05, 0.1) is 21.3 Å². The fourth-order valence-corrected chi connectivity index (χ4v) is 2.02. The number of carbonyl (C=O) groups excluding carboxylic acids is 1. The third-order valence-electron chi connectivity index (χ3n) is 2.88. The summed E-state index contributed by atoms with van der Waals surface area (Å²) in [7, 11) is 0. The first kappa shape index (κ1) is 16.2. The van der Waals surface area contributed by atoms with Crippen LogP contribution in [0.25, 0.3) is 0 Å². The molecule has 1 amide bonds. The van der Waals surface area contributed by atoms with Crippen LogP contribution in [0.4, 0.5) is 5.69 Å². The van der Waals surface area contributed by atoms with E-state index in [2.05, 4.69) is 5.32 Å². The molecule has 2 aromatic carbocycles. The van der Waals surface area contributed by atoms with E-state index in [1.807, 2.05) is 6.07 Å². The van der Waals surface area contributed by atoms with Gasteiger partial charge in [0.2, 0.25) is 0 Å². The maximum Gasteiger partial charge on any atom is 0.265 e. The Bertz CT molecular complexity index is 741. The standard InChI is InChI=1S/C16H12Cl2N2O2/c1-10(22-12-6-7-13(17)14(18)8-12)16(21)20-15-5-3-2-4-11(15)9-19/h2-8,10H,1H3,(H,20,21)/t10-/m1/s1. The molecule has 0 heterocycles. The Morgan fingerprint density at radius 1 is 1.23 bits per heavy atom. The van der Waals surface area contributed by atoms with Crippen molar-refractivity contribution in [1.29, 1.82) is 5.26 Å². The van der Waals surface area contributed by atoms with Crippen molar-refractivity contribution in [2.75, 3.05) is 5.32 Å². The summed E-state index contributed by atoms with van der Waals surface area (Å²) >= 11 is 11.7. The Balaban J connectivity index is 2.06. The van der Waals surface area contributed by atoms with Crippen LogP contribution in [-0.4, -0.2) is 12.0 Å². The lowest BCUT2D eigenvalue weighted by molar-refractivity contribution is -0.122. The molecule has 0 fully saturated rings. The number of para-hydroxylation sites is 1. The molecule has 1 atom stereocenters. The van der Waals surface area contributed by atoms with Gasteiger partial charge in [0, 0.05) is 6.07 Å². The van der Waals surface area contributed by atoms with Crippen LogP contribution in [0.2, 0.25) is 10.0 Å². The maximum absolute atomic E-state index is 12.1. The predicted octanol–water partition coefficient (Wildman–Crippen LogP) is 4.27. The summed E-state index contributed by atoms with van der Waals surface area (Å²) in [5.41, 5.74) is 0.831. The average molecular weight is 335 g/mol. The van der Waals surface area contributed by atoms with E-state index in [1.165, 1.54) is 6.07 Å². The van der Waals surface area contributed by atoms with E-state index in [9.17, 15) is 4.79 Å². The zero-order chi connectivity index (χ0) is 16.1. The number of halogens is 2. The molecule has 2 aromatic rings. The minimum absolute atomic E-state index is 0.349. The van der Waals surface area contributed by atoms with Crippen molar-refractivity contribution in [2.24, 2.45) is 0 Å². The summed E-state index contributed by atoms with van der Waals surface area (Å²) in [6.45, 7) is 1.60. The fourth-order valence-electron chi connectivity index (χ4n) is 1.73. The van der Waals surface area contributed by atoms with Crippen LogP contribution in [-0.2, 0) is 4.79 Å². The molecule has 0 unspecified atom stereocenters. The van der Waals surface area contributed by atoms with Gasteiger partial charge in [-0.2, -0.15) is 5.26 Å². The van der Waals surface area contributed by atoms with Crippen molar-refractivity contribution in [3.8, 4) is 11.8 Å². The third kappa shape index (κ3) is 3.91. The van der Waals surface area contributed by atoms with E-state index in [0.717, 1.165) is 0 Å². The van der Waals surface area contributed by atoms with Gasteiger partial charge >= 0.3 is 0 Å². The zero-order valence-electron chi connectivity index (χ0n) is 11.6. The molecule has 0 aromatic heterocycles. The molecule has 0 saturated heterocycles. The van der Waals surface area contributed by atoms with Gasteiger partial charge in [0.15, 0.2) is 6.10 Å². The molecule has 6 heteroatoms. The van der Waals surface area contributed by atoms with Crippen LogP contribution in [0.3, 0.4) is 0 Å². The molecular formula is C16H12Cl2N2O2. The summed E-state index contributed by atoms with van der Waals surface area (Å²) in [5, 5.41) is 12.4. The number of nitriles is 1. The lowest BCUT2D eigenvalue weighted by Gasteiger charge is -2.15. The van der Waals surface area contributed by atoms with E-state index in [0.29, 0.717) is 27.0 Å². The lowest BCUT2D eigenvalue weighted by atomic mass is 10.2. The molecular weight excluding hydrogens is 323 g/mol. The van der Waals surface area contributed by atoms with Gasteiger partial charge in [-0.1, -0.05) is 35.3 Å². The monoisotopic (exact) mass is 334 g/mol. The van der Waals surface area contributed by atoms with Crippen LogP contribution in [0, 0.1) is 11.3 Å². The highest BCUT2D eigenvalue weighted by molar-refractivity contribution is 6.42. The highest BCUT2D eigenvalue weighted by Gasteiger charge is 2.16. The maximum atomic E-state index is 12.1. The number of hydrogen-bond donors (Lipinski definition) is 1. The van der Waals surface area contributed by atoms with Gasteiger partial charge in [0.1, 0.15) is 11.8 Å². The normalized spacial score (nSPS) is 11.4. The van der Waals surface area contributed by atoms with Crippen molar-refractivity contribution in [3.05, 3.63) is 58.1 Å². The second-order valence-corrected chi connectivity index (χ2v) is 5.30. The minimum Gasteiger partial charge on any atom is -0.481 e. The zero-order valence-corrected chi connectivity index (χ0v) is 13.2. The van der Waals surface area contributed by atoms with Gasteiger partial charge in [-0.05, 0) is 31.2 Å². The Morgan fingerprint density at radius 2 is 1.95 bits per heavy atom. The fraction of sp³-hybridized carbons (Fsp3) is 0.125. The number of nitrogens with zero attached hydrogens (tertiary/aromatic N) is 1. The molecule has 0 aliphatic heterocycles. The Morgan fingerprint density at radius 3 is 2.64 bits per heavy atom. The molecule has 112 valence electrons. The smallest absolute Gasteiger partial charge is 0.265 e. The molecule has 0 spiro atoms. The van der Waals surface area contributed by atoms with Crippen molar-refractivity contribution in [1.82, 2.24) is 0 Å². The number of nitrogens with one attached hydrogen (secondary N) is 1. The van der Waals surface area contributed by atoms with Gasteiger partial charge in [0.25, 0.3) is 5.91 Å². The molecule has 0 radical (unpaired) electrons. The number of carbonyl (C=O) groups is 1. The summed E-state index contributed by atoms with van der Waals surface area (Å²) in [6, 6.07) is 13.5. The van der Waals surface area contributed by atoms with Gasteiger partial charge in [-0.15, -0.1) is 0 Å². The van der Waals surface area contributed by atoms with E-state index in [-0.39, 0.29) is 5.91 Å². The first-order valence-corrected chi connectivity index (χ1v) is 7.18. The number of hydrogen-bond acceptors (Lipinski definition) is 3. The van der Waals surface area contributed by atoms with Crippen molar-refractivity contribution in [2.45, 2.75) is 13.0 Å². The highest BCUT2D eigenvalue weighted by Crippen LogP contribution is 2.27. The van der Waals surface area contributed by atoms with E-state index < -0.39 is 6.10 Å². The summed E-state index contributed by atoms with van der Waals surface area (Å²) in [4.78, 5) is 12.1. The number of amides is 1. The Labute approximate surface area is 138 Å². The third-order valence-corrected chi connectivity index (χ3v) is 3.62. The van der Waals surface area contributed by atoms with E-state index >= 15 is 0 Å². The van der Waals surface area contributed by atoms with E-state index in [1.54, 1.807) is 43.3 Å².